The van der Waals surface area contributed by atoms with Crippen molar-refractivity contribution in [2.45, 2.75) is 18.9 Å². The fourth-order valence-electron chi connectivity index (χ4n) is 1.95. The number of hydrogen-bond donors (Lipinski definition) is 1. The molecule has 1 aromatic carbocycles. The Labute approximate surface area is 107 Å². The third-order valence-electron chi connectivity index (χ3n) is 2.99. The lowest BCUT2D eigenvalue weighted by Gasteiger charge is -2.22. The first-order chi connectivity index (χ1) is 8.70. The second-order valence-corrected chi connectivity index (χ2v) is 4.44. The SMILES string of the molecule is C=CCCC(O)CN(C)c1ccc2c(c1)OCO2. The molecule has 4 heteroatoms. The first-order valence-electron chi connectivity index (χ1n) is 6.10. The molecule has 1 aromatic rings. The lowest BCUT2D eigenvalue weighted by Crippen LogP contribution is -2.28. The number of aliphatic hydroxyl groups excluding tert-OH is 1. The molecule has 1 aliphatic rings. The lowest BCUT2D eigenvalue weighted by atomic mass is 10.2. The number of likely N-dealkylation sites (N-methyl/N-ethyl adjacent to an activating group) is 1. The Hall–Kier alpha value is -1.68. The summed E-state index contributed by atoms with van der Waals surface area (Å²) in [6.45, 7) is 4.53. The Morgan fingerprint density at radius 3 is 3.00 bits per heavy atom. The molecule has 1 atom stereocenters. The van der Waals surface area contributed by atoms with Gasteiger partial charge in [0.2, 0.25) is 6.79 Å². The summed E-state index contributed by atoms with van der Waals surface area (Å²) in [5.74, 6) is 1.54. The largest absolute Gasteiger partial charge is 0.454 e. The van der Waals surface area contributed by atoms with Crippen molar-refractivity contribution in [2.75, 3.05) is 25.3 Å². The standard InChI is InChI=1S/C14H19NO3/c1-3-4-5-12(16)9-15(2)11-6-7-13-14(8-11)18-10-17-13/h3,6-8,12,16H,1,4-5,9-10H2,2H3. The van der Waals surface area contributed by atoms with E-state index in [1.807, 2.05) is 36.2 Å². The van der Waals surface area contributed by atoms with Crippen molar-refractivity contribution in [3.63, 3.8) is 0 Å². The monoisotopic (exact) mass is 249 g/mol. The van der Waals surface area contributed by atoms with Crippen molar-refractivity contribution in [3.8, 4) is 11.5 Å². The van der Waals surface area contributed by atoms with Crippen LogP contribution < -0.4 is 14.4 Å². The first kappa shape index (κ1) is 12.8. The highest BCUT2D eigenvalue weighted by Gasteiger charge is 2.15. The van der Waals surface area contributed by atoms with E-state index in [9.17, 15) is 5.11 Å². The molecule has 0 saturated carbocycles. The summed E-state index contributed by atoms with van der Waals surface area (Å²) in [6, 6.07) is 5.79. The van der Waals surface area contributed by atoms with Gasteiger partial charge in [-0.05, 0) is 25.0 Å². The Morgan fingerprint density at radius 1 is 1.44 bits per heavy atom. The van der Waals surface area contributed by atoms with Gasteiger partial charge in [0.25, 0.3) is 0 Å². The van der Waals surface area contributed by atoms with Crippen molar-refractivity contribution < 1.29 is 14.6 Å². The van der Waals surface area contributed by atoms with Gasteiger partial charge in [-0.1, -0.05) is 6.08 Å². The number of ether oxygens (including phenoxy) is 2. The van der Waals surface area contributed by atoms with E-state index in [2.05, 4.69) is 6.58 Å². The van der Waals surface area contributed by atoms with Crippen molar-refractivity contribution >= 4 is 5.69 Å². The lowest BCUT2D eigenvalue weighted by molar-refractivity contribution is 0.172. The quantitative estimate of drug-likeness (QED) is 0.785. The van der Waals surface area contributed by atoms with Crippen LogP contribution in [-0.4, -0.2) is 31.6 Å². The zero-order valence-electron chi connectivity index (χ0n) is 10.6. The average molecular weight is 249 g/mol. The van der Waals surface area contributed by atoms with Gasteiger partial charge in [-0.3, -0.25) is 0 Å². The number of fused-ring (bicyclic) bond motifs is 1. The maximum atomic E-state index is 9.86. The van der Waals surface area contributed by atoms with Crippen molar-refractivity contribution in [1.82, 2.24) is 0 Å². The molecule has 0 aromatic heterocycles. The third-order valence-corrected chi connectivity index (χ3v) is 2.99. The van der Waals surface area contributed by atoms with Crippen LogP contribution >= 0.6 is 0 Å². The molecule has 0 aliphatic carbocycles. The van der Waals surface area contributed by atoms with Crippen LogP contribution in [0.4, 0.5) is 5.69 Å². The number of aliphatic hydroxyl groups is 1. The van der Waals surface area contributed by atoms with Gasteiger partial charge in [-0.15, -0.1) is 6.58 Å². The number of rotatable bonds is 6. The molecule has 0 fully saturated rings. The van der Waals surface area contributed by atoms with Gasteiger partial charge in [-0.2, -0.15) is 0 Å². The maximum Gasteiger partial charge on any atom is 0.231 e. The van der Waals surface area contributed by atoms with Crippen LogP contribution in [0, 0.1) is 0 Å². The van der Waals surface area contributed by atoms with E-state index in [0.717, 1.165) is 30.0 Å². The number of hydrogen-bond acceptors (Lipinski definition) is 4. The Morgan fingerprint density at radius 2 is 2.22 bits per heavy atom. The van der Waals surface area contributed by atoms with Crippen LogP contribution in [-0.2, 0) is 0 Å². The summed E-state index contributed by atoms with van der Waals surface area (Å²) in [5, 5.41) is 9.86. The third kappa shape index (κ3) is 2.96. The van der Waals surface area contributed by atoms with E-state index in [0.29, 0.717) is 6.54 Å². The van der Waals surface area contributed by atoms with Crippen LogP contribution in [0.5, 0.6) is 11.5 Å². The van der Waals surface area contributed by atoms with Crippen LogP contribution in [0.25, 0.3) is 0 Å². The summed E-state index contributed by atoms with van der Waals surface area (Å²) < 4.78 is 10.6. The smallest absolute Gasteiger partial charge is 0.231 e. The summed E-state index contributed by atoms with van der Waals surface area (Å²) in [6.07, 6.45) is 3.04. The molecular weight excluding hydrogens is 230 g/mol. The number of anilines is 1. The van der Waals surface area contributed by atoms with Gasteiger partial charge < -0.3 is 19.5 Å². The maximum absolute atomic E-state index is 9.86. The molecule has 0 amide bonds. The molecule has 0 bridgehead atoms. The molecule has 98 valence electrons. The van der Waals surface area contributed by atoms with Crippen molar-refractivity contribution in [3.05, 3.63) is 30.9 Å². The van der Waals surface area contributed by atoms with Gasteiger partial charge in [0.05, 0.1) is 6.10 Å². The predicted octanol–water partition coefficient (Wildman–Crippen LogP) is 2.18. The van der Waals surface area contributed by atoms with Crippen LogP contribution in [0.2, 0.25) is 0 Å². The van der Waals surface area contributed by atoms with E-state index < -0.39 is 0 Å². The predicted molar refractivity (Wildman–Crippen MR) is 71.3 cm³/mol. The van der Waals surface area contributed by atoms with Gasteiger partial charge in [-0.25, -0.2) is 0 Å². The number of benzene rings is 1. The minimum atomic E-state index is -0.349. The van der Waals surface area contributed by atoms with Crippen LogP contribution in [0.3, 0.4) is 0 Å². The molecule has 0 spiro atoms. The summed E-state index contributed by atoms with van der Waals surface area (Å²) in [5.41, 5.74) is 1.01. The summed E-state index contributed by atoms with van der Waals surface area (Å²) >= 11 is 0. The van der Waals surface area contributed by atoms with E-state index in [1.165, 1.54) is 0 Å². The van der Waals surface area contributed by atoms with Gasteiger partial charge in [0.1, 0.15) is 0 Å². The van der Waals surface area contributed by atoms with E-state index >= 15 is 0 Å². The molecule has 2 rings (SSSR count). The highest BCUT2D eigenvalue weighted by Crippen LogP contribution is 2.35. The fraction of sp³-hybridized carbons (Fsp3) is 0.429. The number of nitrogens with zero attached hydrogens (tertiary/aromatic N) is 1. The molecule has 1 unspecified atom stereocenters. The minimum absolute atomic E-state index is 0.282. The molecule has 0 radical (unpaired) electrons. The Bertz CT molecular complexity index is 420. The van der Waals surface area contributed by atoms with Crippen molar-refractivity contribution in [2.24, 2.45) is 0 Å². The van der Waals surface area contributed by atoms with Gasteiger partial charge in [0.15, 0.2) is 11.5 Å². The van der Waals surface area contributed by atoms with Crippen molar-refractivity contribution in [1.29, 1.82) is 0 Å². The topological polar surface area (TPSA) is 41.9 Å². The highest BCUT2D eigenvalue weighted by atomic mass is 16.7. The second kappa shape index (κ2) is 5.78. The van der Waals surface area contributed by atoms with Gasteiger partial charge in [0, 0.05) is 25.3 Å². The Balaban J connectivity index is 1.96. The van der Waals surface area contributed by atoms with E-state index in [-0.39, 0.29) is 12.9 Å². The second-order valence-electron chi connectivity index (χ2n) is 4.44. The van der Waals surface area contributed by atoms with Crippen LogP contribution in [0.1, 0.15) is 12.8 Å². The normalized spacial score (nSPS) is 14.3. The van der Waals surface area contributed by atoms with Gasteiger partial charge >= 0.3 is 0 Å². The zero-order valence-corrected chi connectivity index (χ0v) is 10.6. The highest BCUT2D eigenvalue weighted by molar-refractivity contribution is 5.56. The van der Waals surface area contributed by atoms with E-state index in [1.54, 1.807) is 0 Å². The fourth-order valence-corrected chi connectivity index (χ4v) is 1.95. The Kier molecular flexibility index (Phi) is 4.10. The molecule has 4 nitrogen and oxygen atoms in total. The van der Waals surface area contributed by atoms with Crippen LogP contribution in [0.15, 0.2) is 30.9 Å². The summed E-state index contributed by atoms with van der Waals surface area (Å²) in [4.78, 5) is 2.01. The molecule has 18 heavy (non-hydrogen) atoms. The molecule has 0 saturated heterocycles. The average Bonchev–Trinajstić information content (AvgIpc) is 2.83. The summed E-state index contributed by atoms with van der Waals surface area (Å²) in [7, 11) is 1.95. The molecular formula is C14H19NO3. The number of allylic oxidation sites excluding steroid dienone is 1. The molecule has 1 N–H and O–H groups in total. The first-order valence-corrected chi connectivity index (χ1v) is 6.10. The molecule has 1 heterocycles. The molecule has 1 aliphatic heterocycles. The zero-order chi connectivity index (χ0) is 13.0. The van der Waals surface area contributed by atoms with E-state index in [4.69, 9.17) is 9.47 Å². The minimum Gasteiger partial charge on any atom is -0.454 e.